The Hall–Kier alpha value is -3.20. The summed E-state index contributed by atoms with van der Waals surface area (Å²) in [6, 6.07) is 9.60. The van der Waals surface area contributed by atoms with Crippen LogP contribution in [-0.2, 0) is 16.6 Å². The maximum Gasteiger partial charge on any atom is 0.286 e. The van der Waals surface area contributed by atoms with E-state index >= 15 is 0 Å². The SMILES string of the molecule is O=c1c(C2=NS(=O)(=O)c3ccccc3N2)c(O)c2cccnc2n1CC1CC1. The first-order valence-electron chi connectivity index (χ1n) is 8.87. The number of anilines is 1. The molecule has 28 heavy (non-hydrogen) atoms. The zero-order valence-corrected chi connectivity index (χ0v) is 15.5. The van der Waals surface area contributed by atoms with Crippen molar-refractivity contribution >= 4 is 32.6 Å². The van der Waals surface area contributed by atoms with E-state index in [2.05, 4.69) is 14.7 Å². The highest BCUT2D eigenvalue weighted by atomic mass is 32.2. The van der Waals surface area contributed by atoms with Crippen molar-refractivity contribution in [3.05, 3.63) is 58.5 Å². The minimum atomic E-state index is -4.00. The molecule has 0 unspecified atom stereocenters. The molecule has 1 aliphatic heterocycles. The number of fused-ring (bicyclic) bond motifs is 2. The van der Waals surface area contributed by atoms with Crippen LogP contribution in [0.3, 0.4) is 0 Å². The number of amidine groups is 1. The monoisotopic (exact) mass is 396 g/mol. The Morgan fingerprint density at radius 2 is 1.96 bits per heavy atom. The van der Waals surface area contributed by atoms with Crippen LogP contribution in [0.4, 0.5) is 5.69 Å². The van der Waals surface area contributed by atoms with E-state index in [4.69, 9.17) is 0 Å². The number of aromatic hydroxyl groups is 1. The van der Waals surface area contributed by atoms with Gasteiger partial charge in [0, 0.05) is 12.7 Å². The van der Waals surface area contributed by atoms with Crippen LogP contribution in [-0.4, -0.2) is 28.9 Å². The van der Waals surface area contributed by atoms with E-state index in [9.17, 15) is 18.3 Å². The summed E-state index contributed by atoms with van der Waals surface area (Å²) in [7, 11) is -4.00. The summed E-state index contributed by atoms with van der Waals surface area (Å²) in [5, 5.41) is 14.1. The van der Waals surface area contributed by atoms with Gasteiger partial charge in [0.1, 0.15) is 21.9 Å². The number of pyridine rings is 2. The van der Waals surface area contributed by atoms with E-state index in [1.165, 1.54) is 10.6 Å². The maximum atomic E-state index is 13.2. The fraction of sp³-hybridized carbons (Fsp3) is 0.211. The van der Waals surface area contributed by atoms with Crippen LogP contribution in [0, 0.1) is 5.92 Å². The van der Waals surface area contributed by atoms with Crippen molar-refractivity contribution in [3.63, 3.8) is 0 Å². The number of benzene rings is 1. The molecular weight excluding hydrogens is 380 g/mol. The Kier molecular flexibility index (Phi) is 3.57. The third-order valence-corrected chi connectivity index (χ3v) is 6.33. The fourth-order valence-electron chi connectivity index (χ4n) is 3.43. The molecule has 0 bridgehead atoms. The summed E-state index contributed by atoms with van der Waals surface area (Å²) < 4.78 is 30.4. The number of rotatable bonds is 3. The Labute approximate surface area is 160 Å². The van der Waals surface area contributed by atoms with Crippen molar-refractivity contribution < 1.29 is 13.5 Å². The summed E-state index contributed by atoms with van der Waals surface area (Å²) in [6.07, 6.45) is 3.61. The van der Waals surface area contributed by atoms with E-state index in [1.807, 2.05) is 0 Å². The predicted octanol–water partition coefficient (Wildman–Crippen LogP) is 2.07. The molecule has 1 aliphatic carbocycles. The molecular formula is C19H16N4O4S. The second-order valence-electron chi connectivity index (χ2n) is 6.99. The van der Waals surface area contributed by atoms with Gasteiger partial charge in [-0.2, -0.15) is 8.42 Å². The first-order chi connectivity index (χ1) is 13.5. The molecule has 1 saturated carbocycles. The van der Waals surface area contributed by atoms with E-state index in [0.29, 0.717) is 29.2 Å². The van der Waals surface area contributed by atoms with Crippen molar-refractivity contribution in [2.24, 2.45) is 10.3 Å². The second kappa shape index (κ2) is 5.90. The van der Waals surface area contributed by atoms with Gasteiger partial charge in [0.2, 0.25) is 0 Å². The first-order valence-corrected chi connectivity index (χ1v) is 10.3. The molecule has 2 aliphatic rings. The summed E-state index contributed by atoms with van der Waals surface area (Å²) >= 11 is 0. The van der Waals surface area contributed by atoms with E-state index in [-0.39, 0.29) is 22.0 Å². The lowest BCUT2D eigenvalue weighted by molar-refractivity contribution is 0.476. The zero-order valence-electron chi connectivity index (χ0n) is 14.7. The molecule has 5 rings (SSSR count). The molecule has 3 heterocycles. The number of aromatic nitrogens is 2. The standard InChI is InChI=1S/C19H16N4O4S/c24-16-12-4-3-9-20-18(12)23(10-11-7-8-11)19(25)15(16)17-21-13-5-1-2-6-14(13)28(26,27)22-17/h1-6,9,11,24H,7-8,10H2,(H,21,22). The molecule has 1 aromatic carbocycles. The van der Waals surface area contributed by atoms with Crippen LogP contribution < -0.4 is 10.9 Å². The molecule has 9 heteroatoms. The molecule has 0 saturated heterocycles. The molecule has 0 spiro atoms. The number of nitrogens with one attached hydrogen (secondary N) is 1. The smallest absolute Gasteiger partial charge is 0.286 e. The van der Waals surface area contributed by atoms with Crippen molar-refractivity contribution in [2.45, 2.75) is 24.3 Å². The lowest BCUT2D eigenvalue weighted by Crippen LogP contribution is -2.33. The van der Waals surface area contributed by atoms with Gasteiger partial charge < -0.3 is 10.4 Å². The van der Waals surface area contributed by atoms with Crippen molar-refractivity contribution in [1.29, 1.82) is 0 Å². The zero-order chi connectivity index (χ0) is 19.5. The van der Waals surface area contributed by atoms with Gasteiger partial charge >= 0.3 is 0 Å². The third kappa shape index (κ3) is 2.58. The Balaban J connectivity index is 1.78. The van der Waals surface area contributed by atoms with Crippen LogP contribution in [0.2, 0.25) is 0 Å². The highest BCUT2D eigenvalue weighted by Crippen LogP contribution is 2.34. The molecule has 142 valence electrons. The normalized spacial score (nSPS) is 17.6. The minimum Gasteiger partial charge on any atom is -0.506 e. The predicted molar refractivity (Wildman–Crippen MR) is 104 cm³/mol. The lowest BCUT2D eigenvalue weighted by atomic mass is 10.1. The number of nitrogens with zero attached hydrogens (tertiary/aromatic N) is 3. The van der Waals surface area contributed by atoms with Crippen LogP contribution in [0.5, 0.6) is 5.75 Å². The Morgan fingerprint density at radius 3 is 2.75 bits per heavy atom. The van der Waals surface area contributed by atoms with Crippen LogP contribution in [0.1, 0.15) is 18.4 Å². The van der Waals surface area contributed by atoms with Gasteiger partial charge in [-0.1, -0.05) is 12.1 Å². The Morgan fingerprint density at radius 1 is 1.18 bits per heavy atom. The number of sulfonamides is 1. The van der Waals surface area contributed by atoms with Gasteiger partial charge in [0.15, 0.2) is 5.84 Å². The van der Waals surface area contributed by atoms with Crippen LogP contribution in [0.25, 0.3) is 11.0 Å². The summed E-state index contributed by atoms with van der Waals surface area (Å²) in [5.74, 6) is -0.136. The third-order valence-electron chi connectivity index (χ3n) is 5.00. The molecule has 8 nitrogen and oxygen atoms in total. The summed E-state index contributed by atoms with van der Waals surface area (Å²) in [5.41, 5.74) is 0.00213. The van der Waals surface area contributed by atoms with Gasteiger partial charge in [-0.25, -0.2) is 4.98 Å². The first kappa shape index (κ1) is 16.9. The van der Waals surface area contributed by atoms with E-state index < -0.39 is 15.6 Å². The van der Waals surface area contributed by atoms with E-state index in [1.54, 1.807) is 36.5 Å². The topological polar surface area (TPSA) is 114 Å². The molecule has 0 amide bonds. The lowest BCUT2D eigenvalue weighted by Gasteiger charge is -2.20. The molecule has 1 fully saturated rings. The molecule has 0 atom stereocenters. The highest BCUT2D eigenvalue weighted by Gasteiger charge is 2.31. The highest BCUT2D eigenvalue weighted by molar-refractivity contribution is 7.90. The summed E-state index contributed by atoms with van der Waals surface area (Å²) in [6.45, 7) is 0.468. The fourth-order valence-corrected chi connectivity index (χ4v) is 4.55. The van der Waals surface area contributed by atoms with Crippen molar-refractivity contribution in [3.8, 4) is 5.75 Å². The Bertz CT molecular complexity index is 1320. The molecule has 2 aromatic heterocycles. The molecule has 2 N–H and O–H groups in total. The van der Waals surface area contributed by atoms with Crippen LogP contribution >= 0.6 is 0 Å². The summed E-state index contributed by atoms with van der Waals surface area (Å²) in [4.78, 5) is 17.5. The molecule has 3 aromatic rings. The van der Waals surface area contributed by atoms with Gasteiger partial charge in [-0.3, -0.25) is 9.36 Å². The number of para-hydroxylation sites is 1. The van der Waals surface area contributed by atoms with Crippen molar-refractivity contribution in [2.75, 3.05) is 5.32 Å². The van der Waals surface area contributed by atoms with Crippen molar-refractivity contribution in [1.82, 2.24) is 9.55 Å². The number of hydrogen-bond acceptors (Lipinski definition) is 6. The molecule has 0 radical (unpaired) electrons. The van der Waals surface area contributed by atoms with Crippen LogP contribution in [0.15, 0.2) is 56.7 Å². The second-order valence-corrected chi connectivity index (χ2v) is 8.57. The van der Waals surface area contributed by atoms with Gasteiger partial charge in [-0.05, 0) is 43.0 Å². The van der Waals surface area contributed by atoms with E-state index in [0.717, 1.165) is 12.8 Å². The average Bonchev–Trinajstić information content (AvgIpc) is 3.49. The largest absolute Gasteiger partial charge is 0.506 e. The quantitative estimate of drug-likeness (QED) is 0.701. The average molecular weight is 396 g/mol. The number of hydrogen-bond donors (Lipinski definition) is 2. The van der Waals surface area contributed by atoms with Gasteiger partial charge in [0.05, 0.1) is 11.1 Å². The van der Waals surface area contributed by atoms with Gasteiger partial charge in [-0.15, -0.1) is 4.40 Å². The maximum absolute atomic E-state index is 13.2. The minimum absolute atomic E-state index is 0.0269. The van der Waals surface area contributed by atoms with Gasteiger partial charge in [0.25, 0.3) is 15.6 Å².